The van der Waals surface area contributed by atoms with Gasteiger partial charge in [0.2, 0.25) is 39.5 Å². The Bertz CT molecular complexity index is 9360. The van der Waals surface area contributed by atoms with Crippen molar-refractivity contribution in [3.05, 3.63) is 397 Å². The molecule has 27 rings (SSSR count). The van der Waals surface area contributed by atoms with Crippen molar-refractivity contribution >= 4 is 185 Å². The van der Waals surface area contributed by atoms with Crippen LogP contribution in [0, 0.1) is 55.4 Å². The third kappa shape index (κ3) is 14.4. The third-order valence-electron chi connectivity index (χ3n) is 28.8. The topological polar surface area (TPSA) is 124 Å². The molecule has 0 aliphatic heterocycles. The number of furan rings is 5. The van der Waals surface area contributed by atoms with Gasteiger partial charge < -0.3 is 22.1 Å². The molecule has 0 aliphatic carbocycles. The minimum absolute atomic E-state index is 0.666. The Kier molecular flexibility index (Phi) is 21.1. The van der Waals surface area contributed by atoms with E-state index in [4.69, 9.17) is 23.5 Å². The molecule has 0 saturated heterocycles. The number of aromatic nitrogens is 8. The highest BCUT2D eigenvalue weighted by atomic mass is 16.3. The minimum Gasteiger partial charge on any atom is -0.454 e. The van der Waals surface area contributed by atoms with Crippen molar-refractivity contribution in [1.29, 1.82) is 0 Å². The maximum absolute atomic E-state index is 8.62. The van der Waals surface area contributed by atoms with Gasteiger partial charge in [0.25, 0.3) is 0 Å². The van der Waals surface area contributed by atoms with Crippen LogP contribution in [0.4, 0.5) is 0 Å². The lowest BCUT2D eigenvalue weighted by Gasteiger charge is -2.12. The van der Waals surface area contributed by atoms with Crippen LogP contribution < -0.4 is 22.8 Å². The molecule has 27 aromatic rings. The summed E-state index contributed by atoms with van der Waals surface area (Å²) in [7, 11) is 10.5. The molecule has 0 atom stereocenters. The van der Waals surface area contributed by atoms with Crippen LogP contribution in [0.15, 0.2) is 369 Å². The maximum Gasteiger partial charge on any atom is 0.216 e. The predicted molar refractivity (Wildman–Crippen MR) is 570 cm³/mol. The van der Waals surface area contributed by atoms with Gasteiger partial charge in [-0.25, -0.2) is 13.7 Å². The summed E-state index contributed by atoms with van der Waals surface area (Å²) in [5, 5.41) is 24.1. The quantitative estimate of drug-likeness (QED) is 0.151. The molecule has 139 heavy (non-hydrogen) atoms. The lowest BCUT2D eigenvalue weighted by Crippen LogP contribution is -2.32. The monoisotopic (exact) mass is 1810 g/mol. The number of pyridine rings is 8. The smallest absolute Gasteiger partial charge is 0.216 e. The van der Waals surface area contributed by atoms with Crippen LogP contribution in [0.25, 0.3) is 242 Å². The Balaban J connectivity index is 0.0000000982. The lowest BCUT2D eigenvalue weighted by atomic mass is 9.94. The second-order valence-electron chi connectivity index (χ2n) is 37.4. The first-order chi connectivity index (χ1) is 68.0. The van der Waals surface area contributed by atoms with E-state index >= 15 is 0 Å². The van der Waals surface area contributed by atoms with Gasteiger partial charge in [0.05, 0.1) is 27.8 Å². The molecule has 672 valence electrons. The Morgan fingerprint density at radius 1 is 0.245 bits per heavy atom. The molecule has 0 radical (unpaired) electrons. The normalized spacial score (nSPS) is 11.9. The molecule has 13 heterocycles. The van der Waals surface area contributed by atoms with Gasteiger partial charge in [-0.05, 0) is 219 Å². The first kappa shape index (κ1) is 85.0. The summed E-state index contributed by atoms with van der Waals surface area (Å²) in [6, 6.07) is 104. The second-order valence-corrected chi connectivity index (χ2v) is 37.4. The van der Waals surface area contributed by atoms with Gasteiger partial charge in [-0.3, -0.25) is 15.0 Å². The molecule has 13 heteroatoms. The van der Waals surface area contributed by atoms with Crippen molar-refractivity contribution in [2.75, 3.05) is 0 Å². The maximum atomic E-state index is 8.62. The summed E-state index contributed by atoms with van der Waals surface area (Å²) < 4.78 is 52.2. The van der Waals surface area contributed by atoms with E-state index in [9.17, 15) is 0 Å². The SMILES string of the molecule is Cc1cc2c(oc3c4ccccc4ccc23)c(-c2ccc3c(C)cccc3[n+]2C)c1C.Cc1ccc2c(oc3c2ccc2cccnc23)c1-c1cccc[n+]1C.Cc1ccc2c(oc3c4ccncc4ccc23)c1-c1cccc[n+]1C.Cc1ccc2c(oc3c4cnccc4ccc23)c1-c1cccc[n+]1C.[2H]C(C)(C)c1cccc2c1ccc(-c1c(C)c(C)cc3c1oc1c4ccccc4ccc31)[n+]2C. The Morgan fingerprint density at radius 3 is 1.11 bits per heavy atom. The molecule has 13 nitrogen and oxygen atoms in total. The molecule has 14 aromatic carbocycles. The first-order valence-corrected chi connectivity index (χ1v) is 47.4. The van der Waals surface area contributed by atoms with E-state index < -0.39 is 5.89 Å². The van der Waals surface area contributed by atoms with Crippen LogP contribution in [0.3, 0.4) is 0 Å². The average molecular weight is 1810 g/mol. The van der Waals surface area contributed by atoms with Crippen molar-refractivity contribution in [2.24, 2.45) is 35.2 Å². The molecule has 0 N–H and O–H groups in total. The van der Waals surface area contributed by atoms with Crippen LogP contribution in [0.5, 0.6) is 0 Å². The molecule has 0 saturated carbocycles. The van der Waals surface area contributed by atoms with E-state index in [1.807, 2.05) is 81.2 Å². The Hall–Kier alpha value is -16.9. The van der Waals surface area contributed by atoms with Crippen LogP contribution >= 0.6 is 0 Å². The largest absolute Gasteiger partial charge is 0.454 e. The number of rotatable bonds is 6. The highest BCUT2D eigenvalue weighted by Gasteiger charge is 2.31. The molecular weight excluding hydrogens is 1710 g/mol. The Labute approximate surface area is 805 Å². The van der Waals surface area contributed by atoms with Crippen LogP contribution in [0.1, 0.15) is 71.2 Å². The molecule has 0 fully saturated rings. The van der Waals surface area contributed by atoms with Crippen molar-refractivity contribution in [3.8, 4) is 56.3 Å². The molecule has 0 aliphatic rings. The summed E-state index contributed by atoms with van der Waals surface area (Å²) in [6.07, 6.45) is 15.4. The molecule has 13 aromatic heterocycles. The summed E-state index contributed by atoms with van der Waals surface area (Å²) in [5.41, 5.74) is 35.0. The fourth-order valence-electron chi connectivity index (χ4n) is 21.2. The number of hydrogen-bond donors (Lipinski definition) is 0. The van der Waals surface area contributed by atoms with Gasteiger partial charge in [-0.2, -0.15) is 9.13 Å². The van der Waals surface area contributed by atoms with E-state index in [0.717, 1.165) is 204 Å². The van der Waals surface area contributed by atoms with Gasteiger partial charge in [0.1, 0.15) is 91.0 Å². The average Bonchev–Trinajstić information content (AvgIpc) is 1.52. The summed E-state index contributed by atoms with van der Waals surface area (Å²) in [5.74, 6) is -0.666. The van der Waals surface area contributed by atoms with Gasteiger partial charge in [0, 0.05) is 190 Å². The summed E-state index contributed by atoms with van der Waals surface area (Å²) >= 11 is 0. The van der Waals surface area contributed by atoms with E-state index in [2.05, 4.69) is 408 Å². The van der Waals surface area contributed by atoms with Gasteiger partial charge >= 0.3 is 0 Å². The van der Waals surface area contributed by atoms with Crippen molar-refractivity contribution in [1.82, 2.24) is 15.0 Å². The molecule has 0 amide bonds. The third-order valence-corrected chi connectivity index (χ3v) is 28.8. The highest BCUT2D eigenvalue weighted by Crippen LogP contribution is 2.48. The van der Waals surface area contributed by atoms with E-state index in [0.29, 0.717) is 0 Å². The van der Waals surface area contributed by atoms with E-state index in [1.54, 1.807) is 0 Å². The highest BCUT2D eigenvalue weighted by molar-refractivity contribution is 6.22. The molecule has 0 bridgehead atoms. The predicted octanol–water partition coefficient (Wildman–Crippen LogP) is 30.2. The van der Waals surface area contributed by atoms with Gasteiger partial charge in [-0.1, -0.05) is 159 Å². The zero-order valence-electron chi connectivity index (χ0n) is 81.5. The van der Waals surface area contributed by atoms with E-state index in [-0.39, 0.29) is 0 Å². The molecule has 0 spiro atoms. The summed E-state index contributed by atoms with van der Waals surface area (Å²) in [6.45, 7) is 21.2. The standard InChI is InChI=1S/C31H28NO.C29H24NO.3C22H17N2O/c1-18(2)22-11-8-12-27-24(22)15-16-28(32(27)5)29-20(4)19(3)17-26-25-14-13-21-9-6-7-10-23(21)30(25)33-31(26)29;1-17-8-7-11-25-21(17)14-15-26(30(25)4)27-19(3)18(2)16-24-23-13-12-20-9-5-6-10-22(20)28(23)31-29(24)27;1-14-8-10-16-17-11-9-15-6-5-12-23-20(15)22(17)25-21(16)19(14)18-7-3-4-13-24(18)2;1-14-6-8-18-17-9-7-15-13-23-11-10-16(15)21(17)25-22(18)20(14)19-5-3-4-12-24(19)2;1-14-6-8-17-16-9-7-15-10-11-23-13-18(15)21(16)25-22(17)20(14)19-5-3-4-12-24(19)2/h6-18H,1-5H3;5-16H,1-4H3;3*3-13H,1-2H3/q5*+1/i18D;;;;. The van der Waals surface area contributed by atoms with Crippen molar-refractivity contribution < 1.29 is 46.3 Å². The van der Waals surface area contributed by atoms with Crippen molar-refractivity contribution in [3.63, 3.8) is 0 Å². The number of nitrogens with zero attached hydrogens (tertiary/aromatic N) is 8. The minimum atomic E-state index is -0.666. The zero-order chi connectivity index (χ0) is 95.9. The number of hydrogen-bond acceptors (Lipinski definition) is 8. The molecular formula is C126H103N8O5+5. The van der Waals surface area contributed by atoms with Gasteiger partial charge in [0.15, 0.2) is 24.2 Å². The number of fused-ring (bicyclic) bond motifs is 27. The Morgan fingerprint density at radius 2 is 0.612 bits per heavy atom. The number of benzene rings is 14. The lowest BCUT2D eigenvalue weighted by molar-refractivity contribution is -0.660. The fraction of sp³-hybridized carbons (Fsp3) is 0.127. The summed E-state index contributed by atoms with van der Waals surface area (Å²) in [4.78, 5) is 13.0. The number of aryl methyl sites for hydroxylation is 11. The zero-order valence-corrected chi connectivity index (χ0v) is 80.5. The van der Waals surface area contributed by atoms with Crippen LogP contribution in [0.2, 0.25) is 0 Å². The van der Waals surface area contributed by atoms with Crippen LogP contribution in [-0.4, -0.2) is 15.0 Å². The van der Waals surface area contributed by atoms with Crippen LogP contribution in [-0.2, 0) is 35.2 Å². The first-order valence-electron chi connectivity index (χ1n) is 47.9. The fourth-order valence-corrected chi connectivity index (χ4v) is 21.2. The van der Waals surface area contributed by atoms with Gasteiger partial charge in [-0.15, -0.1) is 0 Å². The second kappa shape index (κ2) is 34.5. The molecule has 0 unspecified atom stereocenters. The van der Waals surface area contributed by atoms with Crippen molar-refractivity contribution in [2.45, 2.75) is 75.1 Å². The van der Waals surface area contributed by atoms with E-state index in [1.165, 1.54) is 88.2 Å².